The molecule has 2 aliphatic rings. The zero-order valence-corrected chi connectivity index (χ0v) is 14.1. The van der Waals surface area contributed by atoms with Crippen molar-refractivity contribution in [2.75, 3.05) is 0 Å². The van der Waals surface area contributed by atoms with Crippen LogP contribution in [0.5, 0.6) is 0 Å². The minimum atomic E-state index is -0.364. The molecule has 3 atom stereocenters. The molecule has 4 heteroatoms. The highest BCUT2D eigenvalue weighted by Gasteiger charge is 2.62. The number of carbonyl (C=O) groups is 1. The molecule has 21 heavy (non-hydrogen) atoms. The molecule has 3 unspecified atom stereocenters. The van der Waals surface area contributed by atoms with Crippen LogP contribution < -0.4 is 0 Å². The summed E-state index contributed by atoms with van der Waals surface area (Å²) in [6, 6.07) is 5.05. The zero-order valence-electron chi connectivity index (χ0n) is 12.6. The molecule has 2 aliphatic carbocycles. The molecule has 0 aromatic heterocycles. The predicted octanol–water partition coefficient (Wildman–Crippen LogP) is 5.37. The molecule has 0 aliphatic heterocycles. The van der Waals surface area contributed by atoms with Crippen LogP contribution in [0.25, 0.3) is 0 Å². The Bertz CT molecular complexity index is 596. The largest absolute Gasteiger partial charge is 0.458 e. The summed E-state index contributed by atoms with van der Waals surface area (Å²) in [5.74, 6) is 0.271. The van der Waals surface area contributed by atoms with Crippen LogP contribution in [0.15, 0.2) is 18.2 Å². The molecule has 3 rings (SSSR count). The summed E-state index contributed by atoms with van der Waals surface area (Å²) < 4.78 is 5.82. The fraction of sp³-hybridized carbons (Fsp3) is 0.588. The molecule has 0 heterocycles. The first-order valence-corrected chi connectivity index (χ1v) is 8.18. The lowest BCUT2D eigenvalue weighted by atomic mass is 9.70. The summed E-state index contributed by atoms with van der Waals surface area (Å²) in [4.78, 5) is 12.4. The van der Waals surface area contributed by atoms with Gasteiger partial charge in [-0.05, 0) is 42.7 Å². The molecule has 2 nitrogen and oxygen atoms in total. The molecule has 114 valence electrons. The maximum atomic E-state index is 12.4. The van der Waals surface area contributed by atoms with E-state index < -0.39 is 0 Å². The fourth-order valence-corrected chi connectivity index (χ4v) is 4.54. The number of hydrogen-bond acceptors (Lipinski definition) is 2. The Morgan fingerprint density at radius 2 is 2.00 bits per heavy atom. The molecule has 1 aromatic carbocycles. The van der Waals surface area contributed by atoms with Crippen LogP contribution in [-0.4, -0.2) is 12.1 Å². The average Bonchev–Trinajstić information content (AvgIpc) is 2.75. The molecule has 2 saturated carbocycles. The number of fused-ring (bicyclic) bond motifs is 2. The van der Waals surface area contributed by atoms with Gasteiger partial charge < -0.3 is 4.74 Å². The van der Waals surface area contributed by atoms with E-state index in [4.69, 9.17) is 27.9 Å². The number of esters is 1. The number of halogens is 2. The van der Waals surface area contributed by atoms with Gasteiger partial charge in [0.2, 0.25) is 0 Å². The van der Waals surface area contributed by atoms with Crippen molar-refractivity contribution in [1.29, 1.82) is 0 Å². The Morgan fingerprint density at radius 1 is 1.29 bits per heavy atom. The van der Waals surface area contributed by atoms with Crippen molar-refractivity contribution >= 4 is 29.2 Å². The van der Waals surface area contributed by atoms with E-state index in [0.29, 0.717) is 16.5 Å². The third-order valence-electron chi connectivity index (χ3n) is 6.13. The van der Waals surface area contributed by atoms with Crippen LogP contribution in [0.1, 0.15) is 50.4 Å². The molecular formula is C17H20Cl2O2. The van der Waals surface area contributed by atoms with Gasteiger partial charge in [-0.25, -0.2) is 4.79 Å². The first-order valence-electron chi connectivity index (χ1n) is 7.42. The monoisotopic (exact) mass is 326 g/mol. The van der Waals surface area contributed by atoms with Crippen LogP contribution in [-0.2, 0) is 4.74 Å². The quantitative estimate of drug-likeness (QED) is 0.683. The molecule has 2 fully saturated rings. The van der Waals surface area contributed by atoms with Gasteiger partial charge in [0.15, 0.2) is 0 Å². The number of hydrogen-bond donors (Lipinski definition) is 0. The van der Waals surface area contributed by atoms with Gasteiger partial charge in [-0.2, -0.15) is 0 Å². The zero-order chi connectivity index (χ0) is 15.4. The molecule has 1 aromatic rings. The van der Waals surface area contributed by atoms with Crippen molar-refractivity contribution in [2.45, 2.75) is 46.1 Å². The van der Waals surface area contributed by atoms with Crippen LogP contribution in [0.3, 0.4) is 0 Å². The summed E-state index contributed by atoms with van der Waals surface area (Å²) >= 11 is 12.1. The summed E-state index contributed by atoms with van der Waals surface area (Å²) in [5.41, 5.74) is 0.627. The lowest BCUT2D eigenvalue weighted by Gasteiger charge is -2.38. The minimum absolute atomic E-state index is 0.0335. The Labute approximate surface area is 135 Å². The van der Waals surface area contributed by atoms with Crippen molar-refractivity contribution in [1.82, 2.24) is 0 Å². The van der Waals surface area contributed by atoms with E-state index in [1.807, 2.05) is 0 Å². The van der Waals surface area contributed by atoms with Gasteiger partial charge in [0.05, 0.1) is 15.6 Å². The third-order valence-corrected chi connectivity index (χ3v) is 6.95. The van der Waals surface area contributed by atoms with E-state index in [1.165, 1.54) is 6.42 Å². The van der Waals surface area contributed by atoms with E-state index in [-0.39, 0.29) is 27.9 Å². The highest BCUT2D eigenvalue weighted by atomic mass is 35.5. The van der Waals surface area contributed by atoms with Crippen molar-refractivity contribution in [3.8, 4) is 0 Å². The second-order valence-electron chi connectivity index (χ2n) is 7.11. The summed E-state index contributed by atoms with van der Waals surface area (Å²) in [7, 11) is 0. The van der Waals surface area contributed by atoms with E-state index in [1.54, 1.807) is 18.2 Å². The first-order chi connectivity index (χ1) is 9.77. The Balaban J connectivity index is 1.82. The van der Waals surface area contributed by atoms with Crippen molar-refractivity contribution in [3.05, 3.63) is 33.8 Å². The molecule has 0 spiro atoms. The van der Waals surface area contributed by atoms with Gasteiger partial charge in [-0.15, -0.1) is 0 Å². The van der Waals surface area contributed by atoms with Crippen LogP contribution in [0.2, 0.25) is 10.0 Å². The first kappa shape index (κ1) is 15.2. The molecule has 0 radical (unpaired) electrons. The maximum absolute atomic E-state index is 12.4. The predicted molar refractivity (Wildman–Crippen MR) is 84.9 cm³/mol. The summed E-state index contributed by atoms with van der Waals surface area (Å²) in [6.07, 6.45) is 3.27. The number of benzene rings is 1. The normalized spacial score (nSPS) is 33.2. The Hall–Kier alpha value is -0.730. The average molecular weight is 327 g/mol. The molecule has 0 N–H and O–H groups in total. The number of carbonyl (C=O) groups excluding carboxylic acids is 1. The van der Waals surface area contributed by atoms with Crippen LogP contribution in [0, 0.1) is 16.7 Å². The second kappa shape index (κ2) is 4.89. The van der Waals surface area contributed by atoms with Crippen molar-refractivity contribution in [2.24, 2.45) is 16.7 Å². The van der Waals surface area contributed by atoms with Crippen LogP contribution >= 0.6 is 23.2 Å². The molecule has 0 saturated heterocycles. The van der Waals surface area contributed by atoms with Gasteiger partial charge in [-0.1, -0.05) is 50.0 Å². The lowest BCUT2D eigenvalue weighted by Crippen LogP contribution is -2.38. The highest BCUT2D eigenvalue weighted by molar-refractivity contribution is 6.43. The van der Waals surface area contributed by atoms with Gasteiger partial charge in [-0.3, -0.25) is 0 Å². The van der Waals surface area contributed by atoms with Gasteiger partial charge >= 0.3 is 5.97 Å². The topological polar surface area (TPSA) is 26.3 Å². The minimum Gasteiger partial charge on any atom is -0.458 e. The van der Waals surface area contributed by atoms with E-state index >= 15 is 0 Å². The van der Waals surface area contributed by atoms with Gasteiger partial charge in [0.1, 0.15) is 6.10 Å². The molecule has 0 amide bonds. The lowest BCUT2D eigenvalue weighted by molar-refractivity contribution is -0.0242. The van der Waals surface area contributed by atoms with Gasteiger partial charge in [0.25, 0.3) is 0 Å². The maximum Gasteiger partial charge on any atom is 0.339 e. The summed E-state index contributed by atoms with van der Waals surface area (Å²) in [5, 5.41) is 0.655. The second-order valence-corrected chi connectivity index (χ2v) is 7.89. The Morgan fingerprint density at radius 3 is 2.57 bits per heavy atom. The fourth-order valence-electron chi connectivity index (χ4n) is 4.16. The standard InChI is InChI=1S/C17H20Cl2O2/c1-16(2)10-7-8-17(16,3)13(9-10)21-15(20)11-5-4-6-12(18)14(11)19/h4-6,10,13H,7-9H2,1-3H3. The third kappa shape index (κ3) is 2.10. The highest BCUT2D eigenvalue weighted by Crippen LogP contribution is 2.66. The van der Waals surface area contributed by atoms with E-state index in [9.17, 15) is 4.79 Å². The van der Waals surface area contributed by atoms with Crippen LogP contribution in [0.4, 0.5) is 0 Å². The smallest absolute Gasteiger partial charge is 0.339 e. The number of rotatable bonds is 2. The summed E-state index contributed by atoms with van der Waals surface area (Å²) in [6.45, 7) is 6.84. The Kier molecular flexibility index (Phi) is 3.53. The number of ether oxygens (including phenoxy) is 1. The SMILES string of the molecule is CC1(C)C2CCC1(C)C(OC(=O)c1cccc(Cl)c1Cl)C2. The molecule has 2 bridgehead atoms. The van der Waals surface area contributed by atoms with E-state index in [2.05, 4.69) is 20.8 Å². The van der Waals surface area contributed by atoms with E-state index in [0.717, 1.165) is 12.8 Å². The molecular weight excluding hydrogens is 307 g/mol. The van der Waals surface area contributed by atoms with Crippen molar-refractivity contribution < 1.29 is 9.53 Å². The van der Waals surface area contributed by atoms with Gasteiger partial charge in [0, 0.05) is 5.41 Å². The van der Waals surface area contributed by atoms with Crippen molar-refractivity contribution in [3.63, 3.8) is 0 Å².